The van der Waals surface area contributed by atoms with Crippen LogP contribution in [0.2, 0.25) is 0 Å². The van der Waals surface area contributed by atoms with E-state index in [4.69, 9.17) is 4.74 Å². The molecule has 230 valence electrons. The molecule has 9 heteroatoms. The van der Waals surface area contributed by atoms with E-state index in [0.717, 1.165) is 0 Å². The van der Waals surface area contributed by atoms with Crippen molar-refractivity contribution in [3.05, 3.63) is 11.6 Å². The van der Waals surface area contributed by atoms with Crippen LogP contribution in [0.25, 0.3) is 0 Å². The monoisotopic (exact) mass is 576 g/mol. The molecule has 4 aliphatic carbocycles. The highest BCUT2D eigenvalue weighted by atomic mass is 16.6. The normalized spacial score (nSPS) is 43.3. The number of carbonyl (C=O) groups is 4. The van der Waals surface area contributed by atoms with Gasteiger partial charge in [0.2, 0.25) is 0 Å². The van der Waals surface area contributed by atoms with Gasteiger partial charge in [0.05, 0.1) is 18.3 Å². The van der Waals surface area contributed by atoms with Gasteiger partial charge in [0.25, 0.3) is 0 Å². The Balaban J connectivity index is 1.75. The molecule has 0 amide bonds. The summed E-state index contributed by atoms with van der Waals surface area (Å²) in [4.78, 5) is 53.4. The third kappa shape index (κ3) is 4.40. The second-order valence-electron chi connectivity index (χ2n) is 15.3. The number of fused-ring (bicyclic) bond motifs is 5. The lowest BCUT2D eigenvalue weighted by molar-refractivity contribution is -0.189. The van der Waals surface area contributed by atoms with E-state index in [0.29, 0.717) is 5.57 Å². The molecule has 0 unspecified atom stereocenters. The number of rotatable bonds is 6. The molecule has 0 radical (unpaired) electrons. The summed E-state index contributed by atoms with van der Waals surface area (Å²) in [5.41, 5.74) is -6.44. The predicted molar refractivity (Wildman–Crippen MR) is 149 cm³/mol. The molecule has 4 rings (SSSR count). The number of esters is 1. The first-order valence-corrected chi connectivity index (χ1v) is 14.8. The Kier molecular flexibility index (Phi) is 7.43. The van der Waals surface area contributed by atoms with Crippen LogP contribution < -0.4 is 0 Å². The van der Waals surface area contributed by atoms with Crippen LogP contribution in [-0.2, 0) is 23.9 Å². The first-order chi connectivity index (χ1) is 18.5. The minimum Gasteiger partial charge on any atom is -0.460 e. The largest absolute Gasteiger partial charge is 0.460 e. The van der Waals surface area contributed by atoms with Crippen molar-refractivity contribution in [3.8, 4) is 0 Å². The molecule has 4 N–H and O–H groups in total. The Labute approximate surface area is 242 Å². The van der Waals surface area contributed by atoms with Crippen LogP contribution in [0.5, 0.6) is 0 Å². The van der Waals surface area contributed by atoms with Gasteiger partial charge in [-0.3, -0.25) is 19.2 Å². The van der Waals surface area contributed by atoms with Gasteiger partial charge in [-0.1, -0.05) is 40.2 Å². The first-order valence-electron chi connectivity index (χ1n) is 14.8. The number of hydrogen-bond acceptors (Lipinski definition) is 9. The summed E-state index contributed by atoms with van der Waals surface area (Å²) in [6.45, 7) is 15.0. The van der Waals surface area contributed by atoms with E-state index < -0.39 is 80.7 Å². The van der Waals surface area contributed by atoms with Gasteiger partial charge in [-0.2, -0.15) is 0 Å². The number of allylic oxidation sites excluding steroid dienone is 1. The lowest BCUT2D eigenvalue weighted by Gasteiger charge is -2.64. The van der Waals surface area contributed by atoms with Gasteiger partial charge in [0.15, 0.2) is 11.6 Å². The Bertz CT molecular complexity index is 1200. The molecule has 0 aliphatic heterocycles. The Morgan fingerprint density at radius 3 is 2.15 bits per heavy atom. The van der Waals surface area contributed by atoms with Gasteiger partial charge in [-0.15, -0.1) is 0 Å². The first kappa shape index (κ1) is 32.0. The van der Waals surface area contributed by atoms with E-state index in [1.54, 1.807) is 41.5 Å². The van der Waals surface area contributed by atoms with Gasteiger partial charge in [0, 0.05) is 42.4 Å². The van der Waals surface area contributed by atoms with Crippen molar-refractivity contribution in [2.24, 2.45) is 39.4 Å². The summed E-state index contributed by atoms with van der Waals surface area (Å²) in [5, 5.41) is 44.9. The fourth-order valence-electron chi connectivity index (χ4n) is 9.64. The van der Waals surface area contributed by atoms with E-state index in [1.165, 1.54) is 19.9 Å². The Morgan fingerprint density at radius 1 is 1.00 bits per heavy atom. The maximum Gasteiger partial charge on any atom is 0.303 e. The zero-order valence-electron chi connectivity index (χ0n) is 25.9. The van der Waals surface area contributed by atoms with Crippen molar-refractivity contribution in [3.63, 3.8) is 0 Å². The zero-order chi connectivity index (χ0) is 31.3. The fraction of sp³-hybridized carbons (Fsp3) is 0.812. The molecular weight excluding hydrogens is 528 g/mol. The average molecular weight is 577 g/mol. The van der Waals surface area contributed by atoms with Crippen LogP contribution in [0.4, 0.5) is 0 Å². The number of aliphatic hydroxyl groups is 4. The molecular formula is C32H48O9. The van der Waals surface area contributed by atoms with Crippen molar-refractivity contribution < 1.29 is 44.3 Å². The van der Waals surface area contributed by atoms with Crippen LogP contribution in [-0.4, -0.2) is 73.3 Å². The van der Waals surface area contributed by atoms with E-state index in [2.05, 4.69) is 0 Å². The standard InChI is InChI=1S/C32H48O9/c1-16(33)41-27(2,3)11-10-22(37)32(9,40)25-21(36)14-29(6)24-19(34)12-17-18(13-20(35)26(39)28(17,4)5)31(24,8)23(38)15-30(25,29)7/h12,18,20-21,24-26,35-36,39-40H,10-11,13-15H2,1-9H3/t18-,20+,21-,24+,25+,26-,29+,30-,31-,32+/m1/s1. The lowest BCUT2D eigenvalue weighted by atomic mass is 9.38. The van der Waals surface area contributed by atoms with Crippen molar-refractivity contribution in [1.82, 2.24) is 0 Å². The van der Waals surface area contributed by atoms with Gasteiger partial charge in [-0.05, 0) is 62.9 Å². The summed E-state index contributed by atoms with van der Waals surface area (Å²) in [6.07, 6.45) is -1.53. The minimum absolute atomic E-state index is 0.0588. The van der Waals surface area contributed by atoms with Gasteiger partial charge in [0.1, 0.15) is 17.0 Å². The van der Waals surface area contributed by atoms with E-state index in [1.807, 2.05) is 6.92 Å². The third-order valence-electron chi connectivity index (χ3n) is 11.9. The van der Waals surface area contributed by atoms with Crippen molar-refractivity contribution in [2.45, 2.75) is 124 Å². The molecule has 41 heavy (non-hydrogen) atoms. The summed E-state index contributed by atoms with van der Waals surface area (Å²) in [6, 6.07) is 0. The van der Waals surface area contributed by atoms with E-state index >= 15 is 0 Å². The van der Waals surface area contributed by atoms with Crippen molar-refractivity contribution >= 4 is 23.3 Å². The molecule has 0 saturated heterocycles. The average Bonchev–Trinajstić information content (AvgIpc) is 3.01. The number of carbonyl (C=O) groups excluding carboxylic acids is 4. The van der Waals surface area contributed by atoms with Crippen LogP contribution in [0.3, 0.4) is 0 Å². The SMILES string of the molecule is CC(=O)OC(C)(C)CCC(=O)[C@](C)(O)[C@H]1[C@H](O)C[C@@]2(C)[C@@H]3C(=O)C=C4[C@@H](C[C@H](O)[C@@H](O)C4(C)C)[C@]3(C)C(=O)C[C@]12C. The summed E-state index contributed by atoms with van der Waals surface area (Å²) < 4.78 is 5.29. The Morgan fingerprint density at radius 2 is 1.59 bits per heavy atom. The second-order valence-corrected chi connectivity index (χ2v) is 15.3. The van der Waals surface area contributed by atoms with E-state index in [-0.39, 0.29) is 43.7 Å². The molecule has 0 spiro atoms. The van der Waals surface area contributed by atoms with E-state index in [9.17, 15) is 39.6 Å². The van der Waals surface area contributed by atoms with Crippen molar-refractivity contribution in [1.29, 1.82) is 0 Å². The number of ether oxygens (including phenoxy) is 1. The lowest BCUT2D eigenvalue weighted by Crippen LogP contribution is -2.67. The number of aliphatic hydroxyl groups excluding tert-OH is 3. The molecule has 0 aromatic rings. The smallest absolute Gasteiger partial charge is 0.303 e. The molecule has 4 aliphatic rings. The topological polar surface area (TPSA) is 158 Å². The van der Waals surface area contributed by atoms with Crippen LogP contribution in [0, 0.1) is 39.4 Å². The van der Waals surface area contributed by atoms with Gasteiger partial charge in [-0.25, -0.2) is 0 Å². The molecule has 0 bridgehead atoms. The van der Waals surface area contributed by atoms with Crippen LogP contribution in [0.15, 0.2) is 11.6 Å². The molecule has 10 atom stereocenters. The quantitative estimate of drug-likeness (QED) is 0.349. The zero-order valence-corrected chi connectivity index (χ0v) is 25.9. The number of hydrogen-bond donors (Lipinski definition) is 4. The Hall–Kier alpha value is -1.94. The third-order valence-corrected chi connectivity index (χ3v) is 11.9. The highest BCUT2D eigenvalue weighted by Crippen LogP contribution is 2.73. The van der Waals surface area contributed by atoms with Gasteiger partial charge < -0.3 is 25.2 Å². The minimum atomic E-state index is -2.02. The van der Waals surface area contributed by atoms with Crippen LogP contribution in [0.1, 0.15) is 94.4 Å². The molecule has 3 saturated carbocycles. The molecule has 9 nitrogen and oxygen atoms in total. The molecule has 0 aromatic heterocycles. The number of ketones is 3. The predicted octanol–water partition coefficient (Wildman–Crippen LogP) is 2.69. The summed E-state index contributed by atoms with van der Waals surface area (Å²) >= 11 is 0. The highest BCUT2D eigenvalue weighted by molar-refractivity contribution is 6.03. The second kappa shape index (κ2) is 9.53. The highest BCUT2D eigenvalue weighted by Gasteiger charge is 2.76. The summed E-state index contributed by atoms with van der Waals surface area (Å²) in [5.74, 6) is -3.83. The maximum atomic E-state index is 14.3. The maximum absolute atomic E-state index is 14.3. The molecule has 0 aromatic carbocycles. The van der Waals surface area contributed by atoms with Gasteiger partial charge >= 0.3 is 5.97 Å². The fourth-order valence-corrected chi connectivity index (χ4v) is 9.64. The van der Waals surface area contributed by atoms with Crippen molar-refractivity contribution in [2.75, 3.05) is 0 Å². The number of Topliss-reactive ketones (excluding diaryl/α,β-unsaturated/α-hetero) is 2. The summed E-state index contributed by atoms with van der Waals surface area (Å²) in [7, 11) is 0. The molecule has 3 fully saturated rings. The molecule has 0 heterocycles. The van der Waals surface area contributed by atoms with Crippen LogP contribution >= 0.6 is 0 Å².